The van der Waals surface area contributed by atoms with Crippen LogP contribution in [0.1, 0.15) is 26.7 Å². The summed E-state index contributed by atoms with van der Waals surface area (Å²) in [5.74, 6) is 0.432. The van der Waals surface area contributed by atoms with Crippen LogP contribution in [0.5, 0.6) is 0 Å². The van der Waals surface area contributed by atoms with E-state index < -0.39 is 0 Å². The van der Waals surface area contributed by atoms with Gasteiger partial charge >= 0.3 is 0 Å². The Morgan fingerprint density at radius 2 is 2.21 bits per heavy atom. The maximum Gasteiger partial charge on any atom is 0.230 e. The van der Waals surface area contributed by atoms with Gasteiger partial charge in [0.05, 0.1) is 5.75 Å². The second-order valence-electron chi connectivity index (χ2n) is 3.91. The average Bonchev–Trinajstić information content (AvgIpc) is 2.88. The lowest BCUT2D eigenvalue weighted by atomic mass is 10.2. The number of rotatable bonds is 9. The highest BCUT2D eigenvalue weighted by atomic mass is 32.2. The minimum atomic E-state index is 0.0505. The van der Waals surface area contributed by atoms with Gasteiger partial charge in [-0.3, -0.25) is 4.79 Å². The highest BCUT2D eigenvalue weighted by Crippen LogP contribution is 2.25. The molecule has 0 saturated heterocycles. The lowest BCUT2D eigenvalue weighted by Crippen LogP contribution is -2.34. The molecule has 0 radical (unpaired) electrons. The number of nitrogens with zero attached hydrogens (tertiary/aromatic N) is 2. The van der Waals surface area contributed by atoms with E-state index in [2.05, 4.69) is 41.3 Å². The summed E-state index contributed by atoms with van der Waals surface area (Å²) in [6.07, 6.45) is 3.68. The molecule has 1 heterocycles. The van der Waals surface area contributed by atoms with Gasteiger partial charge in [-0.2, -0.15) is 0 Å². The summed E-state index contributed by atoms with van der Waals surface area (Å²) in [7, 11) is 0. The first-order valence-corrected chi connectivity index (χ1v) is 8.10. The number of carbonyl (C=O) groups excluding carboxylic acids is 1. The fourth-order valence-corrected chi connectivity index (χ4v) is 2.96. The Morgan fingerprint density at radius 3 is 2.84 bits per heavy atom. The van der Waals surface area contributed by atoms with Crippen LogP contribution in [-0.4, -0.2) is 34.4 Å². The molecule has 5 nitrogen and oxygen atoms in total. The summed E-state index contributed by atoms with van der Waals surface area (Å²) >= 11 is 2.86. The molecule has 0 atom stereocenters. The summed E-state index contributed by atoms with van der Waals surface area (Å²) in [6.45, 7) is 8.43. The number of thioether (sulfide) groups is 1. The van der Waals surface area contributed by atoms with Crippen molar-refractivity contribution in [2.45, 2.75) is 37.1 Å². The van der Waals surface area contributed by atoms with Gasteiger partial charge in [-0.15, -0.1) is 16.8 Å². The van der Waals surface area contributed by atoms with Crippen molar-refractivity contribution in [3.63, 3.8) is 0 Å². The van der Waals surface area contributed by atoms with Crippen molar-refractivity contribution in [1.29, 1.82) is 0 Å². The van der Waals surface area contributed by atoms with Crippen molar-refractivity contribution < 1.29 is 4.79 Å². The lowest BCUT2D eigenvalue weighted by molar-refractivity contribution is -0.119. The van der Waals surface area contributed by atoms with Gasteiger partial charge in [-0.1, -0.05) is 43.0 Å². The Morgan fingerprint density at radius 1 is 1.47 bits per heavy atom. The molecule has 106 valence electrons. The molecule has 1 amide bonds. The molecule has 0 aromatic carbocycles. The van der Waals surface area contributed by atoms with E-state index >= 15 is 0 Å². The zero-order chi connectivity index (χ0) is 14.1. The van der Waals surface area contributed by atoms with Crippen molar-refractivity contribution in [3.8, 4) is 0 Å². The maximum absolute atomic E-state index is 11.7. The van der Waals surface area contributed by atoms with E-state index in [4.69, 9.17) is 0 Å². The SMILES string of the molecule is C=CCNc1nnc(SCC(=O)NC(CC)CC)s1. The zero-order valence-corrected chi connectivity index (χ0v) is 12.9. The average molecular weight is 300 g/mol. The van der Waals surface area contributed by atoms with Gasteiger partial charge in [0.15, 0.2) is 4.34 Å². The molecular weight excluding hydrogens is 280 g/mol. The molecule has 0 bridgehead atoms. The van der Waals surface area contributed by atoms with Gasteiger partial charge in [-0.25, -0.2) is 0 Å². The fourth-order valence-electron chi connectivity index (χ4n) is 1.39. The predicted octanol–water partition coefficient (Wildman–Crippen LogP) is 2.53. The first-order chi connectivity index (χ1) is 9.19. The Balaban J connectivity index is 2.33. The number of aromatic nitrogens is 2. The summed E-state index contributed by atoms with van der Waals surface area (Å²) < 4.78 is 0.797. The van der Waals surface area contributed by atoms with Gasteiger partial charge in [0.25, 0.3) is 0 Å². The molecule has 2 N–H and O–H groups in total. The minimum Gasteiger partial charge on any atom is -0.357 e. The molecule has 0 unspecified atom stereocenters. The molecule has 0 spiro atoms. The Bertz CT molecular complexity index is 404. The third-order valence-corrected chi connectivity index (χ3v) is 4.50. The monoisotopic (exact) mass is 300 g/mol. The van der Waals surface area contributed by atoms with Crippen LogP contribution in [0.2, 0.25) is 0 Å². The van der Waals surface area contributed by atoms with Crippen molar-refractivity contribution in [1.82, 2.24) is 15.5 Å². The Labute approximate surface area is 122 Å². The molecule has 0 saturated carbocycles. The van der Waals surface area contributed by atoms with Gasteiger partial charge in [0.1, 0.15) is 0 Å². The number of nitrogens with one attached hydrogen (secondary N) is 2. The van der Waals surface area contributed by atoms with E-state index in [1.54, 1.807) is 6.08 Å². The van der Waals surface area contributed by atoms with Gasteiger partial charge in [-0.05, 0) is 12.8 Å². The summed E-state index contributed by atoms with van der Waals surface area (Å²) in [5.41, 5.74) is 0. The van der Waals surface area contributed by atoms with Gasteiger partial charge in [0, 0.05) is 12.6 Å². The minimum absolute atomic E-state index is 0.0505. The number of anilines is 1. The standard InChI is InChI=1S/C12H20N4OS2/c1-4-7-13-11-15-16-12(19-11)18-8-10(17)14-9(5-2)6-3/h4,9H,1,5-8H2,2-3H3,(H,13,15)(H,14,17). The van der Waals surface area contributed by atoms with Crippen molar-refractivity contribution in [2.24, 2.45) is 0 Å². The van der Waals surface area contributed by atoms with E-state index in [0.29, 0.717) is 12.3 Å². The van der Waals surface area contributed by atoms with Crippen molar-refractivity contribution in [2.75, 3.05) is 17.6 Å². The summed E-state index contributed by atoms with van der Waals surface area (Å²) in [6, 6.07) is 0.271. The number of hydrogen-bond acceptors (Lipinski definition) is 6. The van der Waals surface area contributed by atoms with Crippen LogP contribution in [0.25, 0.3) is 0 Å². The van der Waals surface area contributed by atoms with Crippen molar-refractivity contribution >= 4 is 34.1 Å². The van der Waals surface area contributed by atoms with Crippen LogP contribution in [-0.2, 0) is 4.79 Å². The molecule has 1 aromatic heterocycles. The van der Waals surface area contributed by atoms with Crippen LogP contribution in [0, 0.1) is 0 Å². The van der Waals surface area contributed by atoms with E-state index in [0.717, 1.165) is 22.3 Å². The van der Waals surface area contributed by atoms with E-state index in [-0.39, 0.29) is 11.9 Å². The molecule has 7 heteroatoms. The van der Waals surface area contributed by atoms with Crippen LogP contribution in [0.15, 0.2) is 17.0 Å². The topological polar surface area (TPSA) is 66.9 Å². The molecule has 0 aliphatic carbocycles. The third kappa shape index (κ3) is 6.07. The van der Waals surface area contributed by atoms with Gasteiger partial charge in [0.2, 0.25) is 11.0 Å². The third-order valence-electron chi connectivity index (χ3n) is 2.48. The normalized spacial score (nSPS) is 10.5. The lowest BCUT2D eigenvalue weighted by Gasteiger charge is -2.13. The molecule has 19 heavy (non-hydrogen) atoms. The van der Waals surface area contributed by atoms with E-state index in [1.807, 2.05) is 0 Å². The fraction of sp³-hybridized carbons (Fsp3) is 0.583. The molecule has 1 rings (SSSR count). The first kappa shape index (κ1) is 16.0. The highest BCUT2D eigenvalue weighted by molar-refractivity contribution is 8.01. The van der Waals surface area contributed by atoms with Crippen molar-refractivity contribution in [3.05, 3.63) is 12.7 Å². The number of hydrogen-bond donors (Lipinski definition) is 2. The number of carbonyl (C=O) groups is 1. The smallest absolute Gasteiger partial charge is 0.230 e. The Kier molecular flexibility index (Phi) is 7.50. The quantitative estimate of drug-likeness (QED) is 0.542. The predicted molar refractivity (Wildman–Crippen MR) is 81.8 cm³/mol. The summed E-state index contributed by atoms with van der Waals surface area (Å²) in [4.78, 5) is 11.7. The van der Waals surface area contributed by atoms with Crippen LogP contribution < -0.4 is 10.6 Å². The maximum atomic E-state index is 11.7. The molecular formula is C12H20N4OS2. The zero-order valence-electron chi connectivity index (χ0n) is 11.3. The van der Waals surface area contributed by atoms with E-state index in [9.17, 15) is 4.79 Å². The van der Waals surface area contributed by atoms with Crippen LogP contribution >= 0.6 is 23.1 Å². The Hall–Kier alpha value is -1.08. The number of amides is 1. The molecule has 0 fully saturated rings. The summed E-state index contributed by atoms with van der Waals surface area (Å²) in [5, 5.41) is 14.8. The second-order valence-corrected chi connectivity index (χ2v) is 6.11. The van der Waals surface area contributed by atoms with E-state index in [1.165, 1.54) is 23.1 Å². The molecule has 1 aromatic rings. The largest absolute Gasteiger partial charge is 0.357 e. The molecule has 0 aliphatic heterocycles. The molecule has 0 aliphatic rings. The van der Waals surface area contributed by atoms with Gasteiger partial charge < -0.3 is 10.6 Å². The second kappa shape index (κ2) is 8.92. The van der Waals surface area contributed by atoms with Crippen LogP contribution in [0.3, 0.4) is 0 Å². The highest BCUT2D eigenvalue weighted by Gasteiger charge is 2.10. The van der Waals surface area contributed by atoms with Crippen LogP contribution in [0.4, 0.5) is 5.13 Å². The first-order valence-electron chi connectivity index (χ1n) is 6.30.